The lowest BCUT2D eigenvalue weighted by Gasteiger charge is -2.19. The molecule has 0 atom stereocenters. The summed E-state index contributed by atoms with van der Waals surface area (Å²) in [6.07, 6.45) is 0.390. The monoisotopic (exact) mass is 340 g/mol. The van der Waals surface area contributed by atoms with E-state index in [0.29, 0.717) is 26.2 Å². The van der Waals surface area contributed by atoms with Gasteiger partial charge in [0.25, 0.3) is 0 Å². The Morgan fingerprint density at radius 1 is 1.00 bits per heavy atom. The van der Waals surface area contributed by atoms with Crippen LogP contribution in [-0.4, -0.2) is 25.7 Å². The molecule has 1 aliphatic rings. The molecule has 3 rings (SSSR count). The molecule has 0 radical (unpaired) electrons. The van der Waals surface area contributed by atoms with Gasteiger partial charge in [0.05, 0.1) is 0 Å². The minimum atomic E-state index is 0.0000893. The minimum Gasteiger partial charge on any atom is -0.486 e. The van der Waals surface area contributed by atoms with Gasteiger partial charge in [-0.1, -0.05) is 17.7 Å². The zero-order valence-corrected chi connectivity index (χ0v) is 14.9. The lowest BCUT2D eigenvalue weighted by Crippen LogP contribution is -2.18. The number of hydrogen-bond donors (Lipinski definition) is 2. The number of anilines is 2. The molecule has 0 spiro atoms. The number of amides is 1. The second-order valence-corrected chi connectivity index (χ2v) is 6.36. The maximum Gasteiger partial charge on any atom is 0.226 e. The molecule has 0 saturated carbocycles. The van der Waals surface area contributed by atoms with E-state index in [1.807, 2.05) is 32.0 Å². The topological polar surface area (TPSA) is 59.6 Å². The van der Waals surface area contributed by atoms with Crippen molar-refractivity contribution in [1.82, 2.24) is 0 Å². The number of fused-ring (bicyclic) bond motifs is 1. The van der Waals surface area contributed by atoms with E-state index in [9.17, 15) is 4.79 Å². The van der Waals surface area contributed by atoms with Crippen LogP contribution in [0.15, 0.2) is 30.3 Å². The molecule has 132 valence electrons. The number of carbonyl (C=O) groups is 1. The van der Waals surface area contributed by atoms with Crippen LogP contribution in [0.5, 0.6) is 11.5 Å². The van der Waals surface area contributed by atoms with E-state index >= 15 is 0 Å². The molecular formula is C20H24N2O3. The zero-order valence-electron chi connectivity index (χ0n) is 14.9. The Bertz CT molecular complexity index is 764. The summed E-state index contributed by atoms with van der Waals surface area (Å²) in [7, 11) is 0. The van der Waals surface area contributed by atoms with Crippen molar-refractivity contribution in [3.63, 3.8) is 0 Å². The van der Waals surface area contributed by atoms with Gasteiger partial charge >= 0.3 is 0 Å². The zero-order chi connectivity index (χ0) is 17.8. The summed E-state index contributed by atoms with van der Waals surface area (Å²) >= 11 is 0. The van der Waals surface area contributed by atoms with E-state index in [0.717, 1.165) is 34.0 Å². The summed E-state index contributed by atoms with van der Waals surface area (Å²) < 4.78 is 11.1. The molecule has 5 heteroatoms. The van der Waals surface area contributed by atoms with E-state index < -0.39 is 0 Å². The number of hydrogen-bond acceptors (Lipinski definition) is 4. The highest BCUT2D eigenvalue weighted by Crippen LogP contribution is 2.32. The largest absolute Gasteiger partial charge is 0.486 e. The first kappa shape index (κ1) is 17.1. The predicted molar refractivity (Wildman–Crippen MR) is 99.8 cm³/mol. The fourth-order valence-electron chi connectivity index (χ4n) is 3.05. The van der Waals surface area contributed by atoms with E-state index in [1.54, 1.807) is 0 Å². The number of benzene rings is 2. The Morgan fingerprint density at radius 2 is 1.68 bits per heavy atom. The third-order valence-corrected chi connectivity index (χ3v) is 4.16. The third-order valence-electron chi connectivity index (χ3n) is 4.16. The standard InChI is InChI=1S/C20H24N2O3/c1-13-10-14(2)20(15(3)11-13)22-19(23)6-7-21-16-4-5-17-18(12-16)25-9-8-24-17/h4-5,10-12,21H,6-9H2,1-3H3,(H,22,23). The highest BCUT2D eigenvalue weighted by atomic mass is 16.6. The summed E-state index contributed by atoms with van der Waals surface area (Å²) in [6, 6.07) is 9.88. The maximum atomic E-state index is 12.2. The van der Waals surface area contributed by atoms with Crippen LogP contribution in [0.1, 0.15) is 23.1 Å². The Labute approximate surface area is 148 Å². The minimum absolute atomic E-state index is 0.0000893. The Balaban J connectivity index is 1.53. The molecule has 0 aromatic heterocycles. The second-order valence-electron chi connectivity index (χ2n) is 6.36. The predicted octanol–water partition coefficient (Wildman–Crippen LogP) is 3.82. The normalized spacial score (nSPS) is 12.6. The molecule has 25 heavy (non-hydrogen) atoms. The first-order chi connectivity index (χ1) is 12.0. The van der Waals surface area contributed by atoms with Crippen LogP contribution in [0.3, 0.4) is 0 Å². The van der Waals surface area contributed by atoms with Crippen LogP contribution >= 0.6 is 0 Å². The molecule has 0 saturated heterocycles. The highest BCUT2D eigenvalue weighted by molar-refractivity contribution is 5.92. The van der Waals surface area contributed by atoms with Crippen LogP contribution in [-0.2, 0) is 4.79 Å². The van der Waals surface area contributed by atoms with Gasteiger partial charge in [0.1, 0.15) is 13.2 Å². The van der Waals surface area contributed by atoms with Crippen molar-refractivity contribution in [2.75, 3.05) is 30.4 Å². The highest BCUT2D eigenvalue weighted by Gasteiger charge is 2.12. The first-order valence-corrected chi connectivity index (χ1v) is 8.54. The first-order valence-electron chi connectivity index (χ1n) is 8.54. The van der Waals surface area contributed by atoms with Crippen LogP contribution in [0, 0.1) is 20.8 Å². The van der Waals surface area contributed by atoms with Crippen LogP contribution in [0.25, 0.3) is 0 Å². The molecular weight excluding hydrogens is 316 g/mol. The summed E-state index contributed by atoms with van der Waals surface area (Å²) in [6.45, 7) is 7.79. The number of aryl methyl sites for hydroxylation is 3. The average Bonchev–Trinajstić information content (AvgIpc) is 2.58. The molecule has 1 amide bonds. The smallest absolute Gasteiger partial charge is 0.226 e. The molecule has 0 fully saturated rings. The number of carbonyl (C=O) groups excluding carboxylic acids is 1. The molecule has 2 aromatic rings. The lowest BCUT2D eigenvalue weighted by molar-refractivity contribution is -0.115. The molecule has 0 unspecified atom stereocenters. The summed E-state index contributed by atoms with van der Waals surface area (Å²) in [5.41, 5.74) is 5.21. The molecule has 1 aliphatic heterocycles. The van der Waals surface area contributed by atoms with E-state index in [2.05, 4.69) is 29.7 Å². The van der Waals surface area contributed by atoms with Crippen molar-refractivity contribution in [3.05, 3.63) is 47.0 Å². The van der Waals surface area contributed by atoms with Crippen LogP contribution in [0.4, 0.5) is 11.4 Å². The Morgan fingerprint density at radius 3 is 2.40 bits per heavy atom. The summed E-state index contributed by atoms with van der Waals surface area (Å²) in [5.74, 6) is 1.51. The molecule has 2 aromatic carbocycles. The van der Waals surface area contributed by atoms with E-state index in [1.165, 1.54) is 5.56 Å². The van der Waals surface area contributed by atoms with Crippen molar-refractivity contribution in [1.29, 1.82) is 0 Å². The van der Waals surface area contributed by atoms with Gasteiger partial charge in [0.2, 0.25) is 5.91 Å². The van der Waals surface area contributed by atoms with E-state index in [-0.39, 0.29) is 5.91 Å². The Kier molecular flexibility index (Phi) is 5.12. The fraction of sp³-hybridized carbons (Fsp3) is 0.350. The third kappa shape index (κ3) is 4.24. The van der Waals surface area contributed by atoms with Crippen molar-refractivity contribution in [3.8, 4) is 11.5 Å². The van der Waals surface area contributed by atoms with Crippen molar-refractivity contribution < 1.29 is 14.3 Å². The van der Waals surface area contributed by atoms with Gasteiger partial charge in [-0.3, -0.25) is 4.79 Å². The SMILES string of the molecule is Cc1cc(C)c(NC(=O)CCNc2ccc3c(c2)OCCO3)c(C)c1. The van der Waals surface area contributed by atoms with Crippen LogP contribution in [0.2, 0.25) is 0 Å². The number of rotatable bonds is 5. The van der Waals surface area contributed by atoms with Gasteiger partial charge < -0.3 is 20.1 Å². The van der Waals surface area contributed by atoms with E-state index in [4.69, 9.17) is 9.47 Å². The van der Waals surface area contributed by atoms with Gasteiger partial charge in [0.15, 0.2) is 11.5 Å². The quantitative estimate of drug-likeness (QED) is 0.869. The second kappa shape index (κ2) is 7.47. The summed E-state index contributed by atoms with van der Waals surface area (Å²) in [5, 5.41) is 6.27. The molecule has 1 heterocycles. The number of nitrogens with one attached hydrogen (secondary N) is 2. The van der Waals surface area contributed by atoms with Gasteiger partial charge in [-0.25, -0.2) is 0 Å². The van der Waals surface area contributed by atoms with Crippen molar-refractivity contribution in [2.24, 2.45) is 0 Å². The number of ether oxygens (including phenoxy) is 2. The lowest BCUT2D eigenvalue weighted by atomic mass is 10.1. The average molecular weight is 340 g/mol. The molecule has 2 N–H and O–H groups in total. The van der Waals surface area contributed by atoms with Gasteiger partial charge in [-0.15, -0.1) is 0 Å². The van der Waals surface area contributed by atoms with Crippen LogP contribution < -0.4 is 20.1 Å². The van der Waals surface area contributed by atoms with Crippen molar-refractivity contribution >= 4 is 17.3 Å². The molecule has 0 bridgehead atoms. The molecule has 5 nitrogen and oxygen atoms in total. The maximum absolute atomic E-state index is 12.2. The summed E-state index contributed by atoms with van der Waals surface area (Å²) in [4.78, 5) is 12.2. The Hall–Kier alpha value is -2.69. The van der Waals surface area contributed by atoms with Gasteiger partial charge in [-0.05, 0) is 44.0 Å². The molecule has 0 aliphatic carbocycles. The van der Waals surface area contributed by atoms with Gasteiger partial charge in [0, 0.05) is 30.4 Å². The van der Waals surface area contributed by atoms with Gasteiger partial charge in [-0.2, -0.15) is 0 Å². The fourth-order valence-corrected chi connectivity index (χ4v) is 3.05. The van der Waals surface area contributed by atoms with Crippen molar-refractivity contribution in [2.45, 2.75) is 27.2 Å².